The lowest BCUT2D eigenvalue weighted by atomic mass is 10.1. The van der Waals surface area contributed by atoms with Crippen LogP contribution in [0.3, 0.4) is 0 Å². The number of benzene rings is 2. The number of hydrogen-bond donors (Lipinski definition) is 1. The zero-order valence-corrected chi connectivity index (χ0v) is 11.7. The van der Waals surface area contributed by atoms with Crippen molar-refractivity contribution in [3.63, 3.8) is 0 Å². The number of rotatable bonds is 4. The number of halogens is 3. The van der Waals surface area contributed by atoms with E-state index < -0.39 is 17.6 Å². The van der Waals surface area contributed by atoms with Crippen molar-refractivity contribution in [2.75, 3.05) is 0 Å². The van der Waals surface area contributed by atoms with Crippen LogP contribution < -0.4 is 4.74 Å². The molecule has 2 aromatic rings. The molecular formula is C14H9BrF2O3. The third kappa shape index (κ3) is 3.33. The third-order valence-electron chi connectivity index (χ3n) is 2.58. The minimum atomic E-state index is -1.14. The van der Waals surface area contributed by atoms with Gasteiger partial charge in [0.05, 0.1) is 10.0 Å². The van der Waals surface area contributed by atoms with Crippen LogP contribution in [0.15, 0.2) is 40.9 Å². The summed E-state index contributed by atoms with van der Waals surface area (Å²) in [6.07, 6.45) is 0. The zero-order valence-electron chi connectivity index (χ0n) is 10.1. The Morgan fingerprint density at radius 1 is 1.15 bits per heavy atom. The summed E-state index contributed by atoms with van der Waals surface area (Å²) in [7, 11) is 0. The molecule has 20 heavy (non-hydrogen) atoms. The molecule has 1 N–H and O–H groups in total. The maximum absolute atomic E-state index is 13.5. The fraction of sp³-hybridized carbons (Fsp3) is 0.0714. The van der Waals surface area contributed by atoms with E-state index in [-0.39, 0.29) is 22.2 Å². The lowest BCUT2D eigenvalue weighted by molar-refractivity contribution is 0.0696. The van der Waals surface area contributed by atoms with Gasteiger partial charge in [0, 0.05) is 5.56 Å². The quantitative estimate of drug-likeness (QED) is 0.913. The topological polar surface area (TPSA) is 46.5 Å². The molecule has 0 aliphatic rings. The van der Waals surface area contributed by atoms with Gasteiger partial charge in [-0.2, -0.15) is 0 Å². The lowest BCUT2D eigenvalue weighted by Gasteiger charge is -2.08. The molecule has 0 aliphatic carbocycles. The van der Waals surface area contributed by atoms with Crippen molar-refractivity contribution in [2.45, 2.75) is 6.61 Å². The molecule has 0 aliphatic heterocycles. The molecule has 3 nitrogen and oxygen atoms in total. The van der Waals surface area contributed by atoms with Crippen LogP contribution in [0.1, 0.15) is 15.9 Å². The summed E-state index contributed by atoms with van der Waals surface area (Å²) >= 11 is 3.01. The van der Waals surface area contributed by atoms with E-state index in [0.717, 1.165) is 6.07 Å². The first kappa shape index (κ1) is 14.5. The highest BCUT2D eigenvalue weighted by Gasteiger charge is 2.09. The molecule has 0 heterocycles. The molecule has 2 aromatic carbocycles. The number of aromatic carboxylic acids is 1. The van der Waals surface area contributed by atoms with Crippen molar-refractivity contribution in [3.05, 3.63) is 63.6 Å². The van der Waals surface area contributed by atoms with Crippen LogP contribution >= 0.6 is 15.9 Å². The summed E-state index contributed by atoms with van der Waals surface area (Å²) in [6, 6.07) is 7.48. The van der Waals surface area contributed by atoms with Crippen molar-refractivity contribution in [1.82, 2.24) is 0 Å². The molecule has 0 bridgehead atoms. The first-order valence-corrected chi connectivity index (χ1v) is 6.36. The van der Waals surface area contributed by atoms with E-state index in [1.54, 1.807) is 0 Å². The van der Waals surface area contributed by atoms with E-state index >= 15 is 0 Å². The minimum absolute atomic E-state index is 0.0229. The maximum atomic E-state index is 13.5. The Morgan fingerprint density at radius 2 is 1.85 bits per heavy atom. The van der Waals surface area contributed by atoms with E-state index in [2.05, 4.69) is 15.9 Å². The summed E-state index contributed by atoms with van der Waals surface area (Å²) in [4.78, 5) is 10.8. The summed E-state index contributed by atoms with van der Waals surface area (Å²) in [6.45, 7) is -0.148. The standard InChI is InChI=1S/C14H9BrF2O3/c15-11-6-10(2-4-13(11)17)20-7-9-5-8(14(18)19)1-3-12(9)16/h1-6H,7H2,(H,18,19). The van der Waals surface area contributed by atoms with Crippen LogP contribution in [0.2, 0.25) is 0 Å². The second-order valence-electron chi connectivity index (χ2n) is 3.98. The van der Waals surface area contributed by atoms with Crippen LogP contribution in [0, 0.1) is 11.6 Å². The van der Waals surface area contributed by atoms with Crippen molar-refractivity contribution < 1.29 is 23.4 Å². The number of ether oxygens (including phenoxy) is 1. The van der Waals surface area contributed by atoms with E-state index in [0.29, 0.717) is 5.75 Å². The van der Waals surface area contributed by atoms with Gasteiger partial charge in [-0.15, -0.1) is 0 Å². The van der Waals surface area contributed by atoms with Crippen molar-refractivity contribution in [2.24, 2.45) is 0 Å². The molecule has 0 saturated heterocycles. The normalized spacial score (nSPS) is 10.3. The highest BCUT2D eigenvalue weighted by Crippen LogP contribution is 2.23. The highest BCUT2D eigenvalue weighted by molar-refractivity contribution is 9.10. The summed E-state index contributed by atoms with van der Waals surface area (Å²) in [5.74, 6) is -1.79. The van der Waals surface area contributed by atoms with Gasteiger partial charge in [-0.3, -0.25) is 0 Å². The van der Waals surface area contributed by atoms with Crippen LogP contribution in [-0.2, 0) is 6.61 Å². The number of hydrogen-bond acceptors (Lipinski definition) is 2. The zero-order chi connectivity index (χ0) is 14.7. The molecule has 6 heteroatoms. The fourth-order valence-corrected chi connectivity index (χ4v) is 1.90. The van der Waals surface area contributed by atoms with Crippen molar-refractivity contribution in [3.8, 4) is 5.75 Å². The number of carboxylic acid groups (broad SMARTS) is 1. The third-order valence-corrected chi connectivity index (χ3v) is 3.19. The molecule has 0 saturated carbocycles. The Kier molecular flexibility index (Phi) is 4.34. The lowest BCUT2D eigenvalue weighted by Crippen LogP contribution is -2.03. The van der Waals surface area contributed by atoms with Gasteiger partial charge < -0.3 is 9.84 Å². The average Bonchev–Trinajstić information content (AvgIpc) is 2.41. The Balaban J connectivity index is 2.15. The molecular weight excluding hydrogens is 334 g/mol. The Morgan fingerprint density at radius 3 is 2.50 bits per heavy atom. The molecule has 0 aromatic heterocycles. The summed E-state index contributed by atoms with van der Waals surface area (Å²) in [5.41, 5.74) is 0.0932. The van der Waals surface area contributed by atoms with Crippen molar-refractivity contribution in [1.29, 1.82) is 0 Å². The Labute approximate surface area is 121 Å². The van der Waals surface area contributed by atoms with Crippen LogP contribution in [0.5, 0.6) is 5.75 Å². The van der Waals surface area contributed by atoms with Gasteiger partial charge in [-0.05, 0) is 52.3 Å². The predicted octanol–water partition coefficient (Wildman–Crippen LogP) is 4.00. The van der Waals surface area contributed by atoms with Gasteiger partial charge in [0.25, 0.3) is 0 Å². The van der Waals surface area contributed by atoms with Crippen LogP contribution in [-0.4, -0.2) is 11.1 Å². The first-order valence-electron chi connectivity index (χ1n) is 5.57. The van der Waals surface area contributed by atoms with Gasteiger partial charge in [0.2, 0.25) is 0 Å². The Hall–Kier alpha value is -1.95. The molecule has 2 rings (SSSR count). The van der Waals surface area contributed by atoms with E-state index in [9.17, 15) is 13.6 Å². The molecule has 0 fully saturated rings. The minimum Gasteiger partial charge on any atom is -0.489 e. The largest absolute Gasteiger partial charge is 0.489 e. The molecule has 0 atom stereocenters. The predicted molar refractivity (Wildman–Crippen MR) is 71.8 cm³/mol. The first-order chi connectivity index (χ1) is 9.47. The monoisotopic (exact) mass is 342 g/mol. The van der Waals surface area contributed by atoms with Gasteiger partial charge in [0.1, 0.15) is 24.0 Å². The van der Waals surface area contributed by atoms with E-state index in [4.69, 9.17) is 9.84 Å². The fourth-order valence-electron chi connectivity index (χ4n) is 1.55. The highest BCUT2D eigenvalue weighted by atomic mass is 79.9. The molecule has 0 unspecified atom stereocenters. The Bertz CT molecular complexity index is 659. The van der Waals surface area contributed by atoms with Crippen LogP contribution in [0.4, 0.5) is 8.78 Å². The molecule has 0 radical (unpaired) electrons. The van der Waals surface area contributed by atoms with Crippen molar-refractivity contribution >= 4 is 21.9 Å². The molecule has 0 spiro atoms. The SMILES string of the molecule is O=C(O)c1ccc(F)c(COc2ccc(F)c(Br)c2)c1. The molecule has 0 amide bonds. The second kappa shape index (κ2) is 6.00. The maximum Gasteiger partial charge on any atom is 0.335 e. The summed E-state index contributed by atoms with van der Waals surface area (Å²) in [5, 5.41) is 8.84. The number of carbonyl (C=O) groups is 1. The van der Waals surface area contributed by atoms with Gasteiger partial charge in [-0.25, -0.2) is 13.6 Å². The smallest absolute Gasteiger partial charge is 0.335 e. The molecule has 104 valence electrons. The second-order valence-corrected chi connectivity index (χ2v) is 4.83. The van der Waals surface area contributed by atoms with Gasteiger partial charge >= 0.3 is 5.97 Å². The van der Waals surface area contributed by atoms with Gasteiger partial charge in [0.15, 0.2) is 0 Å². The van der Waals surface area contributed by atoms with E-state index in [1.807, 2.05) is 0 Å². The number of carboxylic acids is 1. The average molecular weight is 343 g/mol. The van der Waals surface area contributed by atoms with Crippen LogP contribution in [0.25, 0.3) is 0 Å². The van der Waals surface area contributed by atoms with E-state index in [1.165, 1.54) is 30.3 Å². The summed E-state index contributed by atoms with van der Waals surface area (Å²) < 4.78 is 32.1. The van der Waals surface area contributed by atoms with Gasteiger partial charge in [-0.1, -0.05) is 0 Å².